The van der Waals surface area contributed by atoms with Crippen molar-refractivity contribution >= 4 is 28.0 Å². The molecule has 1 aliphatic heterocycles. The minimum atomic E-state index is -0.344. The molecule has 0 spiro atoms. The Morgan fingerprint density at radius 2 is 2.00 bits per heavy atom. The van der Waals surface area contributed by atoms with Gasteiger partial charge < -0.3 is 15.4 Å². The second-order valence-electron chi connectivity index (χ2n) is 6.49. The molecule has 1 aliphatic rings. The van der Waals surface area contributed by atoms with Gasteiger partial charge in [0.15, 0.2) is 0 Å². The number of thiophene rings is 1. The molecule has 1 saturated heterocycles. The molecule has 5 heteroatoms. The normalized spacial score (nSPS) is 17.3. The Kier molecular flexibility index (Phi) is 4.28. The third kappa shape index (κ3) is 3.08. The van der Waals surface area contributed by atoms with E-state index in [1.165, 1.54) is 31.3 Å². The molecule has 4 nitrogen and oxygen atoms in total. The first-order valence-corrected chi connectivity index (χ1v) is 7.87. The Labute approximate surface area is 124 Å². The lowest BCUT2D eigenvalue weighted by Crippen LogP contribution is -2.37. The van der Waals surface area contributed by atoms with Crippen molar-refractivity contribution in [2.75, 3.05) is 30.8 Å². The molecule has 2 rings (SSSR count). The van der Waals surface area contributed by atoms with Crippen LogP contribution in [-0.2, 0) is 4.74 Å². The van der Waals surface area contributed by atoms with Crippen LogP contribution in [-0.4, -0.2) is 26.2 Å². The summed E-state index contributed by atoms with van der Waals surface area (Å²) in [6, 6.07) is 1.90. The van der Waals surface area contributed by atoms with Crippen LogP contribution in [0.2, 0.25) is 0 Å². The third-order valence-electron chi connectivity index (χ3n) is 4.15. The lowest BCUT2D eigenvalue weighted by molar-refractivity contribution is 0.0607. The Morgan fingerprint density at radius 1 is 1.40 bits per heavy atom. The lowest BCUT2D eigenvalue weighted by Gasteiger charge is -2.39. The zero-order valence-corrected chi connectivity index (χ0v) is 13.5. The van der Waals surface area contributed by atoms with E-state index < -0.39 is 0 Å². The summed E-state index contributed by atoms with van der Waals surface area (Å²) in [6.07, 6.45) is 2.38. The Morgan fingerprint density at radius 3 is 2.50 bits per heavy atom. The summed E-state index contributed by atoms with van der Waals surface area (Å²) in [5.41, 5.74) is 6.80. The monoisotopic (exact) mass is 296 g/mol. The first-order valence-electron chi connectivity index (χ1n) is 7.05. The molecule has 1 fully saturated rings. The van der Waals surface area contributed by atoms with Crippen LogP contribution in [0.1, 0.15) is 43.3 Å². The Bertz CT molecular complexity index is 483. The maximum absolute atomic E-state index is 11.6. The fraction of sp³-hybridized carbons (Fsp3) is 0.667. The molecule has 1 aromatic heterocycles. The van der Waals surface area contributed by atoms with Gasteiger partial charge in [0, 0.05) is 13.1 Å². The number of rotatable bonds is 2. The first-order chi connectivity index (χ1) is 9.32. The van der Waals surface area contributed by atoms with Gasteiger partial charge in [-0.1, -0.05) is 20.8 Å². The van der Waals surface area contributed by atoms with Crippen LogP contribution in [0.15, 0.2) is 6.07 Å². The summed E-state index contributed by atoms with van der Waals surface area (Å²) in [5.74, 6) is 0.416. The van der Waals surface area contributed by atoms with E-state index in [0.29, 0.717) is 16.0 Å². The molecular formula is C15H24N2O2S. The van der Waals surface area contributed by atoms with Crippen molar-refractivity contribution in [1.29, 1.82) is 0 Å². The average Bonchev–Trinajstić information content (AvgIpc) is 2.79. The van der Waals surface area contributed by atoms with E-state index in [2.05, 4.69) is 25.7 Å². The number of ether oxygens (including phenoxy) is 1. The number of nitrogens with zero attached hydrogens (tertiary/aromatic N) is 1. The fourth-order valence-corrected chi connectivity index (χ4v) is 3.82. The number of carbonyl (C=O) groups excluding carboxylic acids is 1. The lowest BCUT2D eigenvalue weighted by atomic mass is 9.75. The van der Waals surface area contributed by atoms with Crippen molar-refractivity contribution in [2.45, 2.75) is 33.6 Å². The van der Waals surface area contributed by atoms with Gasteiger partial charge in [-0.3, -0.25) is 0 Å². The molecule has 0 saturated carbocycles. The van der Waals surface area contributed by atoms with Crippen molar-refractivity contribution in [3.8, 4) is 0 Å². The minimum Gasteiger partial charge on any atom is -0.465 e. The number of nitrogen functional groups attached to an aromatic ring is 1. The maximum atomic E-state index is 11.6. The molecule has 2 heterocycles. The number of piperidine rings is 1. The van der Waals surface area contributed by atoms with Gasteiger partial charge in [0.05, 0.1) is 17.8 Å². The first kappa shape index (κ1) is 15.2. The van der Waals surface area contributed by atoms with Crippen molar-refractivity contribution < 1.29 is 9.53 Å². The van der Waals surface area contributed by atoms with Gasteiger partial charge in [-0.05, 0) is 30.2 Å². The van der Waals surface area contributed by atoms with E-state index in [-0.39, 0.29) is 5.97 Å². The van der Waals surface area contributed by atoms with Crippen LogP contribution in [0.3, 0.4) is 0 Å². The van der Waals surface area contributed by atoms with E-state index in [0.717, 1.165) is 24.0 Å². The highest BCUT2D eigenvalue weighted by Crippen LogP contribution is 2.38. The summed E-state index contributed by atoms with van der Waals surface area (Å²) in [4.78, 5) is 14.4. The van der Waals surface area contributed by atoms with Gasteiger partial charge in [-0.25, -0.2) is 4.79 Å². The summed E-state index contributed by atoms with van der Waals surface area (Å²) in [7, 11) is 1.38. The number of esters is 1. The Hall–Kier alpha value is -1.23. The second-order valence-corrected chi connectivity index (χ2v) is 7.52. The van der Waals surface area contributed by atoms with Crippen LogP contribution in [0.5, 0.6) is 0 Å². The van der Waals surface area contributed by atoms with Gasteiger partial charge in [0.2, 0.25) is 0 Å². The van der Waals surface area contributed by atoms with Crippen molar-refractivity contribution in [2.24, 2.45) is 11.3 Å². The predicted octanol–water partition coefficient (Wildman–Crippen LogP) is 3.38. The topological polar surface area (TPSA) is 55.6 Å². The molecule has 0 amide bonds. The molecule has 0 atom stereocenters. The molecule has 0 aliphatic carbocycles. The van der Waals surface area contributed by atoms with E-state index in [1.54, 1.807) is 0 Å². The van der Waals surface area contributed by atoms with Gasteiger partial charge in [-0.2, -0.15) is 0 Å². The molecule has 2 N–H and O–H groups in total. The van der Waals surface area contributed by atoms with Crippen molar-refractivity contribution in [3.05, 3.63) is 10.9 Å². The van der Waals surface area contributed by atoms with E-state index in [1.807, 2.05) is 6.07 Å². The van der Waals surface area contributed by atoms with Gasteiger partial charge >= 0.3 is 5.97 Å². The van der Waals surface area contributed by atoms with Crippen molar-refractivity contribution in [3.63, 3.8) is 0 Å². The van der Waals surface area contributed by atoms with E-state index >= 15 is 0 Å². The zero-order chi connectivity index (χ0) is 14.9. The molecule has 0 unspecified atom stereocenters. The SMILES string of the molecule is COC(=O)c1sc(N2CCC(C(C)(C)C)CC2)cc1N. The molecule has 20 heavy (non-hydrogen) atoms. The number of hydrogen-bond acceptors (Lipinski definition) is 5. The van der Waals surface area contributed by atoms with E-state index in [4.69, 9.17) is 10.5 Å². The smallest absolute Gasteiger partial charge is 0.350 e. The van der Waals surface area contributed by atoms with Crippen LogP contribution < -0.4 is 10.6 Å². The van der Waals surface area contributed by atoms with Crippen LogP contribution in [0.4, 0.5) is 10.7 Å². The minimum absolute atomic E-state index is 0.344. The average molecular weight is 296 g/mol. The summed E-state index contributed by atoms with van der Waals surface area (Å²) in [5, 5.41) is 1.08. The van der Waals surface area contributed by atoms with Crippen molar-refractivity contribution in [1.82, 2.24) is 0 Å². The Balaban J connectivity index is 2.06. The van der Waals surface area contributed by atoms with Crippen LogP contribution in [0, 0.1) is 11.3 Å². The van der Waals surface area contributed by atoms with Gasteiger partial charge in [0.25, 0.3) is 0 Å². The highest BCUT2D eigenvalue weighted by atomic mass is 32.1. The molecule has 0 aromatic carbocycles. The van der Waals surface area contributed by atoms with E-state index in [9.17, 15) is 4.79 Å². The summed E-state index contributed by atoms with van der Waals surface area (Å²) in [6.45, 7) is 8.99. The summed E-state index contributed by atoms with van der Waals surface area (Å²) >= 11 is 1.43. The number of nitrogens with two attached hydrogens (primary N) is 1. The molecule has 0 radical (unpaired) electrons. The zero-order valence-electron chi connectivity index (χ0n) is 12.7. The largest absolute Gasteiger partial charge is 0.465 e. The molecule has 112 valence electrons. The molecular weight excluding hydrogens is 272 g/mol. The van der Waals surface area contributed by atoms with Crippen LogP contribution in [0.25, 0.3) is 0 Å². The number of carbonyl (C=O) groups is 1. The maximum Gasteiger partial charge on any atom is 0.350 e. The van der Waals surface area contributed by atoms with Crippen LogP contribution >= 0.6 is 11.3 Å². The van der Waals surface area contributed by atoms with Gasteiger partial charge in [-0.15, -0.1) is 11.3 Å². The quantitative estimate of drug-likeness (QED) is 0.850. The third-order valence-corrected chi connectivity index (χ3v) is 5.34. The highest BCUT2D eigenvalue weighted by Gasteiger charge is 2.29. The number of hydrogen-bond donors (Lipinski definition) is 1. The molecule has 1 aromatic rings. The molecule has 0 bridgehead atoms. The summed E-state index contributed by atoms with van der Waals surface area (Å²) < 4.78 is 4.75. The number of anilines is 2. The highest BCUT2D eigenvalue weighted by molar-refractivity contribution is 7.18. The standard InChI is InChI=1S/C15H24N2O2S/c1-15(2,3)10-5-7-17(8-6-10)12-9-11(16)13(20-12)14(18)19-4/h9-10H,5-8,16H2,1-4H3. The number of methoxy groups -OCH3 is 1. The van der Waals surface area contributed by atoms with Gasteiger partial charge in [0.1, 0.15) is 4.88 Å². The second kappa shape index (κ2) is 5.64. The fourth-order valence-electron chi connectivity index (χ4n) is 2.77. The predicted molar refractivity (Wildman–Crippen MR) is 84.5 cm³/mol.